The van der Waals surface area contributed by atoms with Crippen molar-refractivity contribution in [3.05, 3.63) is 42.5 Å². The number of aromatic nitrogens is 3. The fourth-order valence-corrected chi connectivity index (χ4v) is 5.66. The molecule has 0 bridgehead atoms. The summed E-state index contributed by atoms with van der Waals surface area (Å²) in [6, 6.07) is 12.0. The molecule has 11 heteroatoms. The van der Waals surface area contributed by atoms with Crippen molar-refractivity contribution in [3.63, 3.8) is 0 Å². The first-order valence-corrected chi connectivity index (χ1v) is 13.2. The first-order valence-electron chi connectivity index (χ1n) is 11.7. The zero-order valence-corrected chi connectivity index (χ0v) is 20.9. The van der Waals surface area contributed by atoms with Crippen LogP contribution in [0.3, 0.4) is 0 Å². The number of amides is 2. The number of hydrogen-bond donors (Lipinski definition) is 2. The Morgan fingerprint density at radius 3 is 2.29 bits per heavy atom. The molecule has 1 atom stereocenters. The van der Waals surface area contributed by atoms with Gasteiger partial charge in [-0.2, -0.15) is 4.31 Å². The van der Waals surface area contributed by atoms with E-state index in [9.17, 15) is 18.0 Å². The molecular weight excluding hydrogens is 468 g/mol. The summed E-state index contributed by atoms with van der Waals surface area (Å²) in [5.74, 6) is -0.590. The van der Waals surface area contributed by atoms with Crippen LogP contribution in [-0.4, -0.2) is 52.6 Å². The number of benzene rings is 2. The molecule has 1 aromatic heterocycles. The van der Waals surface area contributed by atoms with Crippen molar-refractivity contribution >= 4 is 44.2 Å². The van der Waals surface area contributed by atoms with Gasteiger partial charge in [0.15, 0.2) is 0 Å². The van der Waals surface area contributed by atoms with E-state index in [1.165, 1.54) is 11.2 Å². The highest BCUT2D eigenvalue weighted by molar-refractivity contribution is 7.89. The van der Waals surface area contributed by atoms with Crippen molar-refractivity contribution < 1.29 is 18.0 Å². The smallest absolute Gasteiger partial charge is 0.243 e. The maximum atomic E-state index is 13.2. The number of rotatable bonds is 7. The van der Waals surface area contributed by atoms with Crippen LogP contribution in [0.1, 0.15) is 46.1 Å². The van der Waals surface area contributed by atoms with Crippen LogP contribution in [0.25, 0.3) is 11.0 Å². The lowest BCUT2D eigenvalue weighted by Crippen LogP contribution is -2.41. The van der Waals surface area contributed by atoms with Crippen LogP contribution in [0.5, 0.6) is 0 Å². The third-order valence-corrected chi connectivity index (χ3v) is 8.28. The average molecular weight is 499 g/mol. The second-order valence-electron chi connectivity index (χ2n) is 8.87. The topological polar surface area (TPSA) is 126 Å². The molecule has 1 aliphatic rings. The second-order valence-corrected chi connectivity index (χ2v) is 10.8. The molecule has 0 aliphatic carbocycles. The van der Waals surface area contributed by atoms with Crippen LogP contribution in [0.15, 0.2) is 47.4 Å². The van der Waals surface area contributed by atoms with E-state index in [0.717, 1.165) is 11.9 Å². The van der Waals surface area contributed by atoms with Gasteiger partial charge >= 0.3 is 0 Å². The number of sulfonamides is 1. The van der Waals surface area contributed by atoms with Gasteiger partial charge in [0.2, 0.25) is 21.8 Å². The summed E-state index contributed by atoms with van der Waals surface area (Å²) in [7, 11) is -3.70. The normalized spacial score (nSPS) is 16.2. The van der Waals surface area contributed by atoms with Gasteiger partial charge in [-0.3, -0.25) is 9.59 Å². The van der Waals surface area contributed by atoms with Gasteiger partial charge in [0.1, 0.15) is 5.52 Å². The summed E-state index contributed by atoms with van der Waals surface area (Å²) in [5, 5.41) is 13.9. The zero-order chi connectivity index (χ0) is 25.2. The molecule has 4 rings (SSSR count). The highest BCUT2D eigenvalue weighted by Crippen LogP contribution is 2.27. The highest BCUT2D eigenvalue weighted by Gasteiger charge is 2.32. The largest absolute Gasteiger partial charge is 0.326 e. The number of anilines is 2. The average Bonchev–Trinajstić information content (AvgIpc) is 3.28. The van der Waals surface area contributed by atoms with Crippen molar-refractivity contribution in [3.8, 4) is 0 Å². The van der Waals surface area contributed by atoms with E-state index in [-0.39, 0.29) is 41.8 Å². The Kier molecular flexibility index (Phi) is 7.18. The molecule has 1 unspecified atom stereocenters. The maximum Gasteiger partial charge on any atom is 0.243 e. The van der Waals surface area contributed by atoms with E-state index >= 15 is 0 Å². The molecule has 2 aromatic carbocycles. The molecular formula is C24H30N6O4S. The fraction of sp³-hybridized carbons (Fsp3) is 0.417. The van der Waals surface area contributed by atoms with Gasteiger partial charge in [0.05, 0.1) is 16.5 Å². The van der Waals surface area contributed by atoms with Crippen LogP contribution in [0.2, 0.25) is 0 Å². The number of carbonyl (C=O) groups is 2. The Bertz CT molecular complexity index is 1330. The van der Waals surface area contributed by atoms with Gasteiger partial charge < -0.3 is 10.6 Å². The first kappa shape index (κ1) is 24.8. The molecule has 0 spiro atoms. The predicted molar refractivity (Wildman–Crippen MR) is 133 cm³/mol. The molecule has 1 aliphatic heterocycles. The Labute approximate surface area is 204 Å². The molecule has 35 heavy (non-hydrogen) atoms. The third-order valence-electron chi connectivity index (χ3n) is 6.39. The van der Waals surface area contributed by atoms with Crippen molar-refractivity contribution in [1.29, 1.82) is 0 Å². The predicted octanol–water partition coefficient (Wildman–Crippen LogP) is 3.40. The van der Waals surface area contributed by atoms with E-state index in [1.807, 2.05) is 11.6 Å². The minimum atomic E-state index is -3.70. The van der Waals surface area contributed by atoms with Crippen LogP contribution in [0, 0.1) is 5.92 Å². The molecule has 10 nitrogen and oxygen atoms in total. The first-order chi connectivity index (χ1) is 16.7. The van der Waals surface area contributed by atoms with E-state index in [0.29, 0.717) is 29.7 Å². The summed E-state index contributed by atoms with van der Waals surface area (Å²) in [5.41, 5.74) is 2.62. The van der Waals surface area contributed by atoms with Crippen LogP contribution < -0.4 is 10.6 Å². The number of hydrogen-bond acceptors (Lipinski definition) is 6. The molecule has 0 saturated carbocycles. The lowest BCUT2D eigenvalue weighted by atomic mass is 9.97. The van der Waals surface area contributed by atoms with Crippen LogP contribution in [0.4, 0.5) is 11.4 Å². The van der Waals surface area contributed by atoms with Crippen LogP contribution >= 0.6 is 0 Å². The van der Waals surface area contributed by atoms with Crippen molar-refractivity contribution in [2.24, 2.45) is 5.92 Å². The maximum absolute atomic E-state index is 13.2. The number of nitrogens with zero attached hydrogens (tertiary/aromatic N) is 4. The summed E-state index contributed by atoms with van der Waals surface area (Å²) in [4.78, 5) is 24.0. The summed E-state index contributed by atoms with van der Waals surface area (Å²) >= 11 is 0. The Hall–Kier alpha value is -3.31. The zero-order valence-electron chi connectivity index (χ0n) is 20.1. The lowest BCUT2D eigenvalue weighted by Gasteiger charge is -2.30. The molecule has 2 heterocycles. The molecule has 2 amide bonds. The van der Waals surface area contributed by atoms with Crippen LogP contribution in [-0.2, 0) is 19.6 Å². The number of nitrogens with one attached hydrogen (secondary N) is 2. The summed E-state index contributed by atoms with van der Waals surface area (Å²) in [6.07, 6.45) is 1.76. The van der Waals surface area contributed by atoms with Crippen molar-refractivity contribution in [2.75, 3.05) is 23.7 Å². The quantitative estimate of drug-likeness (QED) is 0.514. The minimum Gasteiger partial charge on any atom is -0.326 e. The van der Waals surface area contributed by atoms with Gasteiger partial charge in [-0.25, -0.2) is 13.1 Å². The number of fused-ring (bicyclic) bond motifs is 1. The van der Waals surface area contributed by atoms with Gasteiger partial charge in [-0.05, 0) is 68.7 Å². The Morgan fingerprint density at radius 1 is 1.06 bits per heavy atom. The van der Waals surface area contributed by atoms with E-state index in [2.05, 4.69) is 27.9 Å². The lowest BCUT2D eigenvalue weighted by molar-refractivity contribution is -0.121. The minimum absolute atomic E-state index is 0.141. The molecule has 0 radical (unpaired) electrons. The van der Waals surface area contributed by atoms with Gasteiger partial charge in [-0.1, -0.05) is 12.1 Å². The molecule has 3 aromatic rings. The number of piperidine rings is 1. The molecule has 2 N–H and O–H groups in total. The standard InChI is InChI=1S/C24H30N6O4S/c1-4-16(2)30-23-10-9-21(15-22(23)27-28-30)35(33,34)29-13-11-18(12-14-29)24(32)26-20-7-5-19(6-8-20)25-17(3)31/h5-10,15-16,18H,4,11-14H2,1-3H3,(H,25,31)(H,26,32). The molecule has 1 fully saturated rings. The van der Waals surface area contributed by atoms with E-state index in [1.54, 1.807) is 42.5 Å². The number of carbonyl (C=O) groups excluding carboxylic acids is 2. The second kappa shape index (κ2) is 10.1. The van der Waals surface area contributed by atoms with E-state index < -0.39 is 10.0 Å². The fourth-order valence-electron chi connectivity index (χ4n) is 4.17. The summed E-state index contributed by atoms with van der Waals surface area (Å²) < 4.78 is 29.7. The Morgan fingerprint density at radius 2 is 1.69 bits per heavy atom. The summed E-state index contributed by atoms with van der Waals surface area (Å²) in [6.45, 7) is 6.06. The molecule has 1 saturated heterocycles. The van der Waals surface area contributed by atoms with Crippen molar-refractivity contribution in [2.45, 2.75) is 51.0 Å². The van der Waals surface area contributed by atoms with Gasteiger partial charge in [0.25, 0.3) is 0 Å². The van der Waals surface area contributed by atoms with Crippen molar-refractivity contribution in [1.82, 2.24) is 19.3 Å². The van der Waals surface area contributed by atoms with E-state index in [4.69, 9.17) is 0 Å². The van der Waals surface area contributed by atoms with Gasteiger partial charge in [-0.15, -0.1) is 5.10 Å². The van der Waals surface area contributed by atoms with Gasteiger partial charge in [0, 0.05) is 37.3 Å². The monoisotopic (exact) mass is 498 g/mol. The Balaban J connectivity index is 1.38. The molecule has 186 valence electrons. The SMILES string of the molecule is CCC(C)n1nnc2cc(S(=O)(=O)N3CCC(C(=O)Nc4ccc(NC(C)=O)cc4)CC3)ccc21. The highest BCUT2D eigenvalue weighted by atomic mass is 32.2. The third kappa shape index (κ3) is 5.35.